The first-order chi connectivity index (χ1) is 15.2. The molecule has 1 atom stereocenters. The van der Waals surface area contributed by atoms with E-state index in [9.17, 15) is 35.3 Å². The number of benzene rings is 2. The summed E-state index contributed by atoms with van der Waals surface area (Å²) in [5, 5.41) is 8.48. The zero-order chi connectivity index (χ0) is 25.1. The van der Waals surface area contributed by atoms with E-state index in [4.69, 9.17) is 5.26 Å². The van der Waals surface area contributed by atoms with Gasteiger partial charge in [-0.2, -0.15) is 14.0 Å². The third kappa shape index (κ3) is 6.79. The number of likely N-dealkylation sites (N-methyl/N-ethyl adjacent to an activating group) is 1. The summed E-state index contributed by atoms with van der Waals surface area (Å²) in [6.07, 6.45) is -0.0322. The molecule has 7 nitrogen and oxygen atoms in total. The van der Waals surface area contributed by atoms with Gasteiger partial charge in [0.05, 0.1) is 21.1 Å². The summed E-state index contributed by atoms with van der Waals surface area (Å²) in [5.41, 5.74) is 1.09. The molecule has 0 spiro atoms. The average molecular weight is 507 g/mol. The van der Waals surface area contributed by atoms with Gasteiger partial charge in [-0.05, 0) is 17.7 Å². The monoisotopic (exact) mass is 507 g/mol. The molecule has 2 rings (SSSR count). The molecule has 174 valence electrons. The van der Waals surface area contributed by atoms with Gasteiger partial charge in [0, 0.05) is 17.9 Å². The zero-order valence-electron chi connectivity index (χ0n) is 18.4. The number of halogens is 4. The van der Waals surface area contributed by atoms with Crippen LogP contribution in [0.3, 0.4) is 0 Å². The minimum Gasteiger partial charge on any atom is -0.744 e. The number of nitrogens with zero attached hydrogens (tertiary/aromatic N) is 2. The fourth-order valence-corrected chi connectivity index (χ4v) is 3.41. The van der Waals surface area contributed by atoms with Crippen LogP contribution in [-0.2, 0) is 21.3 Å². The maximum Gasteiger partial charge on any atom is 1.00 e. The molecule has 0 fully saturated rings. The number of carbonyl (C=O) groups is 1. The van der Waals surface area contributed by atoms with E-state index < -0.39 is 56.0 Å². The Bertz CT molecular complexity index is 1280. The van der Waals surface area contributed by atoms with Crippen molar-refractivity contribution in [1.82, 2.24) is 0 Å². The number of carbonyl (C=O) groups excluding carboxylic acids is 1. The van der Waals surface area contributed by atoms with Crippen LogP contribution in [0.2, 0.25) is 0 Å². The maximum atomic E-state index is 14.2. The van der Waals surface area contributed by atoms with Crippen LogP contribution in [0, 0.1) is 46.4 Å². The van der Waals surface area contributed by atoms with Crippen molar-refractivity contribution >= 4 is 16.1 Å². The second kappa shape index (κ2) is 11.3. The summed E-state index contributed by atoms with van der Waals surface area (Å²) in [6, 6.07) is 6.85. The first-order valence-electron chi connectivity index (χ1n) is 9.02. The molecule has 0 amide bonds. The number of hydrogen-bond acceptors (Lipinski definition) is 6. The van der Waals surface area contributed by atoms with Crippen LogP contribution in [0.5, 0.6) is 5.75 Å². The van der Waals surface area contributed by atoms with E-state index in [-0.39, 0.29) is 40.5 Å². The molecule has 2 aromatic rings. The third-order valence-electron chi connectivity index (χ3n) is 4.49. The molecule has 0 radical (unpaired) electrons. The second-order valence-corrected chi connectivity index (χ2v) is 9.00. The fourth-order valence-electron chi connectivity index (χ4n) is 2.79. The van der Waals surface area contributed by atoms with Gasteiger partial charge in [0.1, 0.15) is 15.0 Å². The van der Waals surface area contributed by atoms with E-state index in [1.165, 1.54) is 0 Å². The van der Waals surface area contributed by atoms with Gasteiger partial charge in [-0.15, -0.1) is 0 Å². The van der Waals surface area contributed by atoms with Crippen LogP contribution in [0.4, 0.5) is 17.6 Å². The van der Waals surface area contributed by atoms with Gasteiger partial charge in [-0.3, -0.25) is 0 Å². The fraction of sp³-hybridized carbons (Fsp3) is 0.238. The summed E-state index contributed by atoms with van der Waals surface area (Å²) in [4.78, 5) is 10.4. The average Bonchev–Trinajstić information content (AvgIpc) is 2.71. The predicted octanol–water partition coefficient (Wildman–Crippen LogP) is -0.751. The van der Waals surface area contributed by atoms with E-state index in [0.29, 0.717) is 11.1 Å². The quantitative estimate of drug-likeness (QED) is 0.0745. The molecular weight excluding hydrogens is 491 g/mol. The van der Waals surface area contributed by atoms with Crippen LogP contribution >= 0.6 is 0 Å². The van der Waals surface area contributed by atoms with Crippen molar-refractivity contribution in [3.8, 4) is 23.7 Å². The summed E-state index contributed by atoms with van der Waals surface area (Å²) in [6.45, 7) is 0. The van der Waals surface area contributed by atoms with Crippen LogP contribution in [-0.4, -0.2) is 50.6 Å². The number of nitriles is 1. The molecule has 1 unspecified atom stereocenters. The first-order valence-corrected chi connectivity index (χ1v) is 10.4. The summed E-state index contributed by atoms with van der Waals surface area (Å²) < 4.78 is 93.7. The topological polar surface area (TPSA) is 107 Å². The number of esters is 1. The van der Waals surface area contributed by atoms with Gasteiger partial charge in [0.25, 0.3) is 0 Å². The van der Waals surface area contributed by atoms with Crippen molar-refractivity contribution in [3.63, 3.8) is 0 Å². The third-order valence-corrected chi connectivity index (χ3v) is 5.35. The van der Waals surface area contributed by atoms with Crippen molar-refractivity contribution < 1.29 is 74.1 Å². The molecule has 0 bridgehead atoms. The number of quaternary nitrogens is 1. The van der Waals surface area contributed by atoms with E-state index >= 15 is 0 Å². The summed E-state index contributed by atoms with van der Waals surface area (Å²) in [7, 11) is -1.23. The minimum atomic E-state index is -5.90. The van der Waals surface area contributed by atoms with Gasteiger partial charge < -0.3 is 13.8 Å². The van der Waals surface area contributed by atoms with Gasteiger partial charge >= 0.3 is 35.5 Å². The van der Waals surface area contributed by atoms with Crippen molar-refractivity contribution in [2.75, 3.05) is 21.1 Å². The summed E-state index contributed by atoms with van der Waals surface area (Å²) in [5.74, 6) is -7.95. The molecule has 0 aliphatic rings. The zero-order valence-corrected chi connectivity index (χ0v) is 21.3. The Kier molecular flexibility index (Phi) is 9.85. The standard InChI is InChI=1S/C21H16F4N2O5S.Na/c1-27(2,3)14(11-13-8-6-12(7-9-13)5-4-10-26)21(28)32-19-15(22)17(24)20(33(29,30)31)18(25)16(19)23;/h6-9,14H,11H2,1-3H3;/q;+1. The normalized spacial score (nSPS) is 12.0. The molecule has 0 aliphatic carbocycles. The molecule has 2 aromatic carbocycles. The molecule has 0 aromatic heterocycles. The second-order valence-electron chi connectivity index (χ2n) is 7.68. The van der Waals surface area contributed by atoms with E-state index in [2.05, 4.69) is 16.6 Å². The Morgan fingerprint density at radius 1 is 1.06 bits per heavy atom. The van der Waals surface area contributed by atoms with Crippen molar-refractivity contribution in [2.45, 2.75) is 17.4 Å². The van der Waals surface area contributed by atoms with E-state index in [1.54, 1.807) is 51.5 Å². The van der Waals surface area contributed by atoms with Crippen molar-refractivity contribution in [1.29, 1.82) is 5.26 Å². The number of ether oxygens (including phenoxy) is 1. The molecule has 34 heavy (non-hydrogen) atoms. The van der Waals surface area contributed by atoms with Crippen molar-refractivity contribution in [3.05, 3.63) is 58.7 Å². The number of rotatable bonds is 6. The van der Waals surface area contributed by atoms with Gasteiger partial charge in [0.2, 0.25) is 17.4 Å². The molecule has 0 saturated heterocycles. The van der Waals surface area contributed by atoms with Crippen LogP contribution in [0.25, 0.3) is 0 Å². The van der Waals surface area contributed by atoms with E-state index in [0.717, 1.165) is 0 Å². The Labute approximate surface area is 215 Å². The Hall–Kier alpha value is -2.45. The predicted molar refractivity (Wildman–Crippen MR) is 104 cm³/mol. The largest absolute Gasteiger partial charge is 1.00 e. The van der Waals surface area contributed by atoms with Crippen LogP contribution < -0.4 is 34.3 Å². The Morgan fingerprint density at radius 3 is 1.97 bits per heavy atom. The maximum absolute atomic E-state index is 14.2. The Morgan fingerprint density at radius 2 is 1.56 bits per heavy atom. The molecule has 0 heterocycles. The molecular formula is C21H16F4N2NaO5S+. The molecule has 0 N–H and O–H groups in total. The molecule has 13 heteroatoms. The summed E-state index contributed by atoms with van der Waals surface area (Å²) >= 11 is 0. The molecule has 0 aliphatic heterocycles. The SMILES string of the molecule is C[N+](C)(C)C(Cc1ccc(C#CC#N)cc1)C(=O)Oc1c(F)c(F)c(S(=O)(=O)[O-])c(F)c1F.[Na+]. The number of hydrogen-bond donors (Lipinski definition) is 0. The van der Waals surface area contributed by atoms with Gasteiger partial charge in [-0.25, -0.2) is 22.0 Å². The molecule has 0 saturated carbocycles. The van der Waals surface area contributed by atoms with Gasteiger partial charge in [0.15, 0.2) is 23.7 Å². The van der Waals surface area contributed by atoms with Gasteiger partial charge in [-0.1, -0.05) is 18.1 Å². The Balaban J connectivity index is 0.00000578. The van der Waals surface area contributed by atoms with Crippen LogP contribution in [0.1, 0.15) is 11.1 Å². The first kappa shape index (κ1) is 29.6. The van der Waals surface area contributed by atoms with Crippen LogP contribution in [0.15, 0.2) is 29.2 Å². The smallest absolute Gasteiger partial charge is 0.744 e. The minimum absolute atomic E-state index is 0. The van der Waals surface area contributed by atoms with E-state index in [1.807, 2.05) is 0 Å². The van der Waals surface area contributed by atoms with Crippen molar-refractivity contribution in [2.24, 2.45) is 0 Å².